The Bertz CT molecular complexity index is 498. The zero-order valence-electron chi connectivity index (χ0n) is 11.3. The second-order valence-corrected chi connectivity index (χ2v) is 8.23. The van der Waals surface area contributed by atoms with E-state index in [-0.39, 0.29) is 5.97 Å². The number of benzene rings is 2. The summed E-state index contributed by atoms with van der Waals surface area (Å²) in [6.45, 7) is 3.58. The SMILES string of the molecule is CC[Si](OC(C)=O)(c1ccccc1)c1ccccc1. The van der Waals surface area contributed by atoms with Crippen molar-refractivity contribution in [2.24, 2.45) is 0 Å². The molecule has 2 nitrogen and oxygen atoms in total. The Balaban J connectivity index is 2.58. The number of hydrogen-bond donors (Lipinski definition) is 0. The van der Waals surface area contributed by atoms with E-state index in [2.05, 4.69) is 31.2 Å². The summed E-state index contributed by atoms with van der Waals surface area (Å²) in [5.41, 5.74) is 0. The highest BCUT2D eigenvalue weighted by Gasteiger charge is 2.40. The van der Waals surface area contributed by atoms with E-state index in [1.807, 2.05) is 36.4 Å². The quantitative estimate of drug-likeness (QED) is 0.797. The molecule has 0 spiro atoms. The van der Waals surface area contributed by atoms with Gasteiger partial charge in [-0.25, -0.2) is 0 Å². The third kappa shape index (κ3) is 2.76. The average molecular weight is 270 g/mol. The number of hydrogen-bond acceptors (Lipinski definition) is 2. The van der Waals surface area contributed by atoms with Crippen LogP contribution in [0.2, 0.25) is 6.04 Å². The maximum Gasteiger partial charge on any atom is 0.318 e. The van der Waals surface area contributed by atoms with E-state index in [0.717, 1.165) is 16.4 Å². The van der Waals surface area contributed by atoms with Crippen LogP contribution in [-0.4, -0.2) is 14.3 Å². The van der Waals surface area contributed by atoms with Crippen LogP contribution < -0.4 is 10.4 Å². The largest absolute Gasteiger partial charge is 0.510 e. The Labute approximate surface area is 115 Å². The maximum absolute atomic E-state index is 11.6. The molecule has 0 aromatic heterocycles. The molecular weight excluding hydrogens is 252 g/mol. The lowest BCUT2D eigenvalue weighted by Gasteiger charge is -2.30. The highest BCUT2D eigenvalue weighted by Crippen LogP contribution is 2.13. The fraction of sp³-hybridized carbons (Fsp3) is 0.188. The van der Waals surface area contributed by atoms with Gasteiger partial charge in [-0.05, 0) is 16.4 Å². The zero-order chi connectivity index (χ0) is 13.7. The number of carbonyl (C=O) groups excluding carboxylic acids is 1. The van der Waals surface area contributed by atoms with Crippen molar-refractivity contribution >= 4 is 24.7 Å². The molecule has 0 unspecified atom stereocenters. The van der Waals surface area contributed by atoms with Gasteiger partial charge in [-0.1, -0.05) is 67.6 Å². The lowest BCUT2D eigenvalue weighted by molar-refractivity contribution is -0.132. The predicted octanol–water partition coefficient (Wildman–Crippen LogP) is 2.33. The molecule has 19 heavy (non-hydrogen) atoms. The summed E-state index contributed by atoms with van der Waals surface area (Å²) in [6.07, 6.45) is 0. The molecule has 0 bridgehead atoms. The van der Waals surface area contributed by atoms with Crippen molar-refractivity contribution in [2.45, 2.75) is 19.9 Å². The van der Waals surface area contributed by atoms with E-state index in [4.69, 9.17) is 4.43 Å². The van der Waals surface area contributed by atoms with Crippen LogP contribution in [-0.2, 0) is 9.22 Å². The molecule has 0 saturated heterocycles. The third-order valence-corrected chi connectivity index (χ3v) is 7.46. The van der Waals surface area contributed by atoms with Gasteiger partial charge in [-0.15, -0.1) is 0 Å². The lowest BCUT2D eigenvalue weighted by atomic mass is 10.4. The van der Waals surface area contributed by atoms with Gasteiger partial charge in [0.1, 0.15) is 0 Å². The summed E-state index contributed by atoms with van der Waals surface area (Å²) in [5.74, 6) is -0.207. The molecule has 0 N–H and O–H groups in total. The van der Waals surface area contributed by atoms with Crippen LogP contribution in [0, 0.1) is 0 Å². The summed E-state index contributed by atoms with van der Waals surface area (Å²) in [5, 5.41) is 2.28. The van der Waals surface area contributed by atoms with Crippen LogP contribution in [0.3, 0.4) is 0 Å². The minimum Gasteiger partial charge on any atom is -0.510 e. The Hall–Kier alpha value is -1.87. The van der Waals surface area contributed by atoms with Crippen molar-refractivity contribution in [3.63, 3.8) is 0 Å². The van der Waals surface area contributed by atoms with Gasteiger partial charge in [0.15, 0.2) is 0 Å². The standard InChI is InChI=1S/C16H18O2Si/c1-3-19(18-14(2)17,15-10-6-4-7-11-15)16-12-8-5-9-13-16/h4-13H,3H2,1-2H3. The lowest BCUT2D eigenvalue weighted by Crippen LogP contribution is -2.61. The highest BCUT2D eigenvalue weighted by molar-refractivity contribution is 6.98. The second-order valence-electron chi connectivity index (χ2n) is 4.51. The van der Waals surface area contributed by atoms with Gasteiger partial charge in [-0.2, -0.15) is 0 Å². The van der Waals surface area contributed by atoms with E-state index in [9.17, 15) is 4.79 Å². The van der Waals surface area contributed by atoms with E-state index in [1.54, 1.807) is 0 Å². The molecule has 0 heterocycles. The van der Waals surface area contributed by atoms with Gasteiger partial charge in [0.05, 0.1) is 0 Å². The summed E-state index contributed by atoms with van der Waals surface area (Å²) in [7, 11) is -2.43. The molecule has 0 aliphatic carbocycles. The van der Waals surface area contributed by atoms with Gasteiger partial charge >= 0.3 is 8.32 Å². The Morgan fingerprint density at radius 1 is 0.947 bits per heavy atom. The molecule has 0 atom stereocenters. The molecule has 3 heteroatoms. The molecule has 0 fully saturated rings. The second kappa shape index (κ2) is 5.84. The molecule has 0 radical (unpaired) electrons. The van der Waals surface area contributed by atoms with Crippen molar-refractivity contribution in [2.75, 3.05) is 0 Å². The summed E-state index contributed by atoms with van der Waals surface area (Å²) >= 11 is 0. The van der Waals surface area contributed by atoms with E-state index in [1.165, 1.54) is 6.92 Å². The normalized spacial score (nSPS) is 11.1. The first kappa shape index (κ1) is 13.6. The Morgan fingerprint density at radius 2 is 1.37 bits per heavy atom. The molecule has 0 saturated carbocycles. The van der Waals surface area contributed by atoms with Crippen molar-refractivity contribution < 1.29 is 9.22 Å². The van der Waals surface area contributed by atoms with E-state index >= 15 is 0 Å². The van der Waals surface area contributed by atoms with Crippen molar-refractivity contribution in [1.82, 2.24) is 0 Å². The van der Waals surface area contributed by atoms with Gasteiger partial charge in [0.25, 0.3) is 5.97 Å². The van der Waals surface area contributed by atoms with Crippen molar-refractivity contribution in [1.29, 1.82) is 0 Å². The fourth-order valence-corrected chi connectivity index (χ4v) is 5.91. The van der Waals surface area contributed by atoms with Gasteiger partial charge < -0.3 is 4.43 Å². The molecule has 2 aromatic carbocycles. The first-order chi connectivity index (χ1) is 9.19. The summed E-state index contributed by atoms with van der Waals surface area (Å²) in [4.78, 5) is 11.6. The third-order valence-electron chi connectivity index (χ3n) is 3.30. The van der Waals surface area contributed by atoms with Crippen LogP contribution in [0.15, 0.2) is 60.7 Å². The van der Waals surface area contributed by atoms with Gasteiger partial charge in [0, 0.05) is 6.92 Å². The monoisotopic (exact) mass is 270 g/mol. The smallest absolute Gasteiger partial charge is 0.318 e. The summed E-state index contributed by atoms with van der Waals surface area (Å²) < 4.78 is 5.86. The van der Waals surface area contributed by atoms with E-state index < -0.39 is 8.32 Å². The topological polar surface area (TPSA) is 26.3 Å². The van der Waals surface area contributed by atoms with Crippen molar-refractivity contribution in [3.05, 3.63) is 60.7 Å². The summed E-state index contributed by atoms with van der Waals surface area (Å²) in [6, 6.07) is 21.0. The van der Waals surface area contributed by atoms with Crippen LogP contribution in [0.4, 0.5) is 0 Å². The molecule has 2 aromatic rings. The first-order valence-electron chi connectivity index (χ1n) is 6.49. The van der Waals surface area contributed by atoms with Crippen molar-refractivity contribution in [3.8, 4) is 0 Å². The van der Waals surface area contributed by atoms with Crippen LogP contribution in [0.25, 0.3) is 0 Å². The molecule has 2 rings (SSSR count). The highest BCUT2D eigenvalue weighted by atomic mass is 28.4. The predicted molar refractivity (Wildman–Crippen MR) is 80.2 cm³/mol. The molecule has 0 amide bonds. The van der Waals surface area contributed by atoms with Gasteiger partial charge in [-0.3, -0.25) is 4.79 Å². The molecule has 98 valence electrons. The van der Waals surface area contributed by atoms with Crippen LogP contribution in [0.5, 0.6) is 0 Å². The van der Waals surface area contributed by atoms with E-state index in [0.29, 0.717) is 0 Å². The Morgan fingerprint density at radius 3 is 1.68 bits per heavy atom. The maximum atomic E-state index is 11.6. The molecular formula is C16H18O2Si. The first-order valence-corrected chi connectivity index (χ1v) is 8.61. The average Bonchev–Trinajstić information content (AvgIpc) is 2.46. The Kier molecular flexibility index (Phi) is 4.17. The van der Waals surface area contributed by atoms with Crippen LogP contribution >= 0.6 is 0 Å². The minimum atomic E-state index is -2.43. The molecule has 0 aliphatic heterocycles. The zero-order valence-corrected chi connectivity index (χ0v) is 12.3. The van der Waals surface area contributed by atoms with Gasteiger partial charge in [0.2, 0.25) is 0 Å². The number of rotatable bonds is 4. The number of carbonyl (C=O) groups is 1. The minimum absolute atomic E-state index is 0.207. The molecule has 0 aliphatic rings. The van der Waals surface area contributed by atoms with Crippen LogP contribution in [0.1, 0.15) is 13.8 Å². The fourth-order valence-electron chi connectivity index (χ4n) is 2.43.